The Balaban J connectivity index is 3.02. The van der Waals surface area contributed by atoms with Crippen molar-refractivity contribution < 1.29 is 13.6 Å². The van der Waals surface area contributed by atoms with Crippen molar-refractivity contribution in [2.45, 2.75) is 6.42 Å². The van der Waals surface area contributed by atoms with Gasteiger partial charge < -0.3 is 4.79 Å². The van der Waals surface area contributed by atoms with Crippen LogP contribution in [0.25, 0.3) is 6.08 Å². The molecule has 0 radical (unpaired) electrons. The summed E-state index contributed by atoms with van der Waals surface area (Å²) in [5, 5.41) is 0. The average molecular weight is 261 g/mol. The molecule has 1 nitrogen and oxygen atoms in total. The van der Waals surface area contributed by atoms with E-state index in [9.17, 15) is 13.6 Å². The zero-order valence-corrected chi connectivity index (χ0v) is 8.72. The van der Waals surface area contributed by atoms with Crippen molar-refractivity contribution in [1.29, 1.82) is 0 Å². The van der Waals surface area contributed by atoms with Crippen LogP contribution in [0.3, 0.4) is 0 Å². The Morgan fingerprint density at radius 2 is 2.07 bits per heavy atom. The topological polar surface area (TPSA) is 17.1 Å². The molecule has 1 aromatic carbocycles. The van der Waals surface area contributed by atoms with Crippen LogP contribution < -0.4 is 0 Å². The van der Waals surface area contributed by atoms with E-state index in [4.69, 9.17) is 0 Å². The summed E-state index contributed by atoms with van der Waals surface area (Å²) in [7, 11) is 0. The van der Waals surface area contributed by atoms with Gasteiger partial charge in [-0.3, -0.25) is 0 Å². The van der Waals surface area contributed by atoms with Gasteiger partial charge in [-0.25, -0.2) is 8.78 Å². The molecule has 4 heteroatoms. The Hall–Kier alpha value is -1.03. The molecule has 0 aliphatic rings. The van der Waals surface area contributed by atoms with E-state index < -0.39 is 11.6 Å². The Bertz CT molecular complexity index is 351. The molecule has 0 atom stereocenters. The minimum atomic E-state index is -0.654. The number of hydrogen-bond donors (Lipinski definition) is 0. The number of carbonyl (C=O) groups excluding carboxylic acids is 1. The average Bonchev–Trinajstić information content (AvgIpc) is 2.09. The maximum absolute atomic E-state index is 13.1. The standard InChI is InChI=1S/C10H7BrF2O/c11-9-5-7(12)6-10(13)8(9)3-1-2-4-14/h1,3-6H,2H2. The molecule has 0 saturated carbocycles. The van der Waals surface area contributed by atoms with Gasteiger partial charge in [0.05, 0.1) is 0 Å². The first-order valence-corrected chi connectivity index (χ1v) is 4.69. The van der Waals surface area contributed by atoms with Gasteiger partial charge in [0.25, 0.3) is 0 Å². The number of benzene rings is 1. The fourth-order valence-corrected chi connectivity index (χ4v) is 1.49. The van der Waals surface area contributed by atoms with E-state index in [1.165, 1.54) is 18.2 Å². The number of halogens is 3. The van der Waals surface area contributed by atoms with Crippen molar-refractivity contribution in [3.63, 3.8) is 0 Å². The summed E-state index contributed by atoms with van der Waals surface area (Å²) in [6.45, 7) is 0. The lowest BCUT2D eigenvalue weighted by molar-refractivity contribution is -0.107. The quantitative estimate of drug-likeness (QED) is 0.763. The Labute approximate surface area is 88.6 Å². The Morgan fingerprint density at radius 3 is 2.64 bits per heavy atom. The highest BCUT2D eigenvalue weighted by molar-refractivity contribution is 9.10. The third-order valence-electron chi connectivity index (χ3n) is 1.56. The van der Waals surface area contributed by atoms with Crippen LogP contribution in [0.4, 0.5) is 8.78 Å². The lowest BCUT2D eigenvalue weighted by Crippen LogP contribution is -1.87. The maximum Gasteiger partial charge on any atom is 0.134 e. The van der Waals surface area contributed by atoms with Gasteiger partial charge in [0.2, 0.25) is 0 Å². The molecule has 0 saturated heterocycles. The maximum atomic E-state index is 13.1. The molecule has 0 bridgehead atoms. The summed E-state index contributed by atoms with van der Waals surface area (Å²) in [5.74, 6) is -1.29. The van der Waals surface area contributed by atoms with Crippen molar-refractivity contribution in [3.05, 3.63) is 39.9 Å². The molecule has 14 heavy (non-hydrogen) atoms. The zero-order chi connectivity index (χ0) is 10.6. The second-order valence-corrected chi connectivity index (χ2v) is 3.44. The van der Waals surface area contributed by atoms with Gasteiger partial charge in [0.15, 0.2) is 0 Å². The molecule has 74 valence electrons. The van der Waals surface area contributed by atoms with Crippen LogP contribution in [0.1, 0.15) is 12.0 Å². The van der Waals surface area contributed by atoms with E-state index >= 15 is 0 Å². The lowest BCUT2D eigenvalue weighted by Gasteiger charge is -2.00. The normalized spacial score (nSPS) is 10.8. The van der Waals surface area contributed by atoms with E-state index in [1.54, 1.807) is 0 Å². The molecule has 1 rings (SSSR count). The van der Waals surface area contributed by atoms with Crippen LogP contribution in [0.5, 0.6) is 0 Å². The molecule has 0 N–H and O–H groups in total. The largest absolute Gasteiger partial charge is 0.303 e. The molecule has 0 aliphatic heterocycles. The summed E-state index contributed by atoms with van der Waals surface area (Å²) in [6.07, 6.45) is 3.86. The molecular weight excluding hydrogens is 254 g/mol. The summed E-state index contributed by atoms with van der Waals surface area (Å²) in [4.78, 5) is 10.0. The monoisotopic (exact) mass is 260 g/mol. The van der Waals surface area contributed by atoms with E-state index in [0.717, 1.165) is 6.07 Å². The van der Waals surface area contributed by atoms with E-state index in [-0.39, 0.29) is 12.0 Å². The summed E-state index contributed by atoms with van der Waals surface area (Å²) in [5.41, 5.74) is 0.244. The first kappa shape index (κ1) is 11.0. The molecule has 0 fully saturated rings. The van der Waals surface area contributed by atoms with Gasteiger partial charge in [0.1, 0.15) is 17.9 Å². The summed E-state index contributed by atoms with van der Waals surface area (Å²) < 4.78 is 26.1. The van der Waals surface area contributed by atoms with E-state index in [1.807, 2.05) is 0 Å². The Morgan fingerprint density at radius 1 is 1.36 bits per heavy atom. The lowest BCUT2D eigenvalue weighted by atomic mass is 10.2. The van der Waals surface area contributed by atoms with Crippen molar-refractivity contribution in [1.82, 2.24) is 0 Å². The van der Waals surface area contributed by atoms with Gasteiger partial charge in [-0.05, 0) is 22.0 Å². The molecule has 0 amide bonds. The number of allylic oxidation sites excluding steroid dienone is 1. The molecule has 0 heterocycles. The number of rotatable bonds is 3. The fourth-order valence-electron chi connectivity index (χ4n) is 0.954. The summed E-state index contributed by atoms with van der Waals surface area (Å²) in [6, 6.07) is 1.97. The van der Waals surface area contributed by atoms with Crippen LogP contribution in [0, 0.1) is 11.6 Å². The third-order valence-corrected chi connectivity index (χ3v) is 2.22. The molecule has 1 aromatic rings. The Kier molecular flexibility index (Phi) is 3.95. The van der Waals surface area contributed by atoms with Gasteiger partial charge in [0, 0.05) is 22.5 Å². The number of hydrogen-bond acceptors (Lipinski definition) is 1. The highest BCUT2D eigenvalue weighted by Gasteiger charge is 2.05. The van der Waals surface area contributed by atoms with Crippen LogP contribution in [0.2, 0.25) is 0 Å². The smallest absolute Gasteiger partial charge is 0.134 e. The number of carbonyl (C=O) groups is 1. The first-order valence-electron chi connectivity index (χ1n) is 3.90. The second kappa shape index (κ2) is 5.00. The molecular formula is C10H7BrF2O. The minimum absolute atomic E-state index is 0.212. The van der Waals surface area contributed by atoms with E-state index in [0.29, 0.717) is 10.8 Å². The predicted molar refractivity (Wildman–Crippen MR) is 53.8 cm³/mol. The van der Waals surface area contributed by atoms with Gasteiger partial charge >= 0.3 is 0 Å². The zero-order valence-electron chi connectivity index (χ0n) is 7.14. The molecule has 0 unspecified atom stereocenters. The van der Waals surface area contributed by atoms with Crippen molar-refractivity contribution in [2.24, 2.45) is 0 Å². The van der Waals surface area contributed by atoms with Crippen molar-refractivity contribution in [3.8, 4) is 0 Å². The third kappa shape index (κ3) is 2.73. The molecule has 0 aliphatic carbocycles. The van der Waals surface area contributed by atoms with Gasteiger partial charge in [-0.1, -0.05) is 12.2 Å². The number of aldehydes is 1. The first-order chi connectivity index (χ1) is 6.65. The van der Waals surface area contributed by atoms with Gasteiger partial charge in [-0.15, -0.1) is 0 Å². The SMILES string of the molecule is O=CCC=Cc1c(F)cc(F)cc1Br. The fraction of sp³-hybridized carbons (Fsp3) is 0.100. The van der Waals surface area contributed by atoms with Crippen LogP contribution in [-0.2, 0) is 4.79 Å². The van der Waals surface area contributed by atoms with E-state index in [2.05, 4.69) is 15.9 Å². The minimum Gasteiger partial charge on any atom is -0.303 e. The highest BCUT2D eigenvalue weighted by atomic mass is 79.9. The predicted octanol–water partition coefficient (Wildman–Crippen LogP) is 3.33. The summed E-state index contributed by atoms with van der Waals surface area (Å²) >= 11 is 3.03. The van der Waals surface area contributed by atoms with Crippen LogP contribution >= 0.6 is 15.9 Å². The van der Waals surface area contributed by atoms with Crippen molar-refractivity contribution >= 4 is 28.3 Å². The van der Waals surface area contributed by atoms with Crippen molar-refractivity contribution in [2.75, 3.05) is 0 Å². The van der Waals surface area contributed by atoms with Crippen LogP contribution in [0.15, 0.2) is 22.7 Å². The highest BCUT2D eigenvalue weighted by Crippen LogP contribution is 2.22. The van der Waals surface area contributed by atoms with Gasteiger partial charge in [-0.2, -0.15) is 0 Å². The molecule has 0 aromatic heterocycles. The van der Waals surface area contributed by atoms with Crippen LogP contribution in [-0.4, -0.2) is 6.29 Å². The second-order valence-electron chi connectivity index (χ2n) is 2.59. The molecule has 0 spiro atoms.